The number of allylic oxidation sites excluding steroid dienone is 3. The Morgan fingerprint density at radius 3 is 2.27 bits per heavy atom. The predicted octanol–water partition coefficient (Wildman–Crippen LogP) is 2.29. The van der Waals surface area contributed by atoms with Gasteiger partial charge in [0.2, 0.25) is 10.0 Å². The van der Waals surface area contributed by atoms with E-state index in [0.717, 1.165) is 55.9 Å². The van der Waals surface area contributed by atoms with Gasteiger partial charge in [0.25, 0.3) is 0 Å². The number of aliphatic hydroxyl groups is 1. The third kappa shape index (κ3) is 5.65. The molecule has 2 saturated carbocycles. The summed E-state index contributed by atoms with van der Waals surface area (Å²) in [5.41, 5.74) is 1.91. The van der Waals surface area contributed by atoms with Gasteiger partial charge in [-0.3, -0.25) is 0 Å². The van der Waals surface area contributed by atoms with Crippen LogP contribution in [-0.4, -0.2) is 68.4 Å². The largest absolute Gasteiger partial charge is 0.378 e. The van der Waals surface area contributed by atoms with E-state index in [1.807, 2.05) is 24.0 Å². The first kappa shape index (κ1) is 22.3. The van der Waals surface area contributed by atoms with E-state index in [9.17, 15) is 13.5 Å². The van der Waals surface area contributed by atoms with Crippen molar-refractivity contribution in [2.75, 3.05) is 19.5 Å². The third-order valence-electron chi connectivity index (χ3n) is 6.83. The van der Waals surface area contributed by atoms with Crippen LogP contribution >= 0.6 is 0 Å². The highest BCUT2D eigenvalue weighted by molar-refractivity contribution is 7.88. The lowest BCUT2D eigenvalue weighted by Gasteiger charge is -2.48. The van der Waals surface area contributed by atoms with Crippen molar-refractivity contribution in [3.8, 4) is 0 Å². The summed E-state index contributed by atoms with van der Waals surface area (Å²) in [6.07, 6.45) is 13.0. The molecular weight excluding hydrogens is 404 g/mol. The fraction of sp³-hybridized carbons (Fsp3) is 0.818. The number of hydrogen-bond acceptors (Lipinski definition) is 6. The molecule has 4 aliphatic rings. The Balaban J connectivity index is 1.36. The smallest absolute Gasteiger partial charge is 0.209 e. The summed E-state index contributed by atoms with van der Waals surface area (Å²) < 4.78 is 39.0. The van der Waals surface area contributed by atoms with Crippen LogP contribution in [0, 0.1) is 5.92 Å². The SMILES string of the molecule is CC1=CC=C2CCC(NS(C)(=O)=O)C(COC3CCC(OCC4CC4)CC3)N2C1O. The number of aliphatic hydroxyl groups excluding tert-OH is 1. The van der Waals surface area contributed by atoms with Gasteiger partial charge in [0.15, 0.2) is 0 Å². The number of rotatable bonds is 8. The maximum absolute atomic E-state index is 11.9. The quantitative estimate of drug-likeness (QED) is 0.602. The first-order valence-corrected chi connectivity index (χ1v) is 13.2. The van der Waals surface area contributed by atoms with Crippen LogP contribution in [0.1, 0.15) is 58.3 Å². The first-order chi connectivity index (χ1) is 14.3. The molecule has 8 heteroatoms. The summed E-state index contributed by atoms with van der Waals surface area (Å²) in [7, 11) is -3.35. The summed E-state index contributed by atoms with van der Waals surface area (Å²) in [5, 5.41) is 10.8. The number of piperidine rings is 1. The zero-order valence-corrected chi connectivity index (χ0v) is 18.9. The van der Waals surface area contributed by atoms with Gasteiger partial charge >= 0.3 is 0 Å². The second-order valence-electron chi connectivity index (χ2n) is 9.46. The zero-order valence-electron chi connectivity index (χ0n) is 18.1. The van der Waals surface area contributed by atoms with Crippen LogP contribution in [0.3, 0.4) is 0 Å². The molecule has 3 atom stereocenters. The minimum absolute atomic E-state index is 0.164. The average molecular weight is 441 g/mol. The van der Waals surface area contributed by atoms with Crippen molar-refractivity contribution in [2.24, 2.45) is 5.92 Å². The van der Waals surface area contributed by atoms with Crippen molar-refractivity contribution in [3.63, 3.8) is 0 Å². The summed E-state index contributed by atoms with van der Waals surface area (Å²) in [5.74, 6) is 0.792. The van der Waals surface area contributed by atoms with Crippen molar-refractivity contribution in [1.29, 1.82) is 0 Å². The van der Waals surface area contributed by atoms with Crippen LogP contribution in [-0.2, 0) is 19.5 Å². The molecule has 3 fully saturated rings. The number of fused-ring (bicyclic) bond motifs is 1. The second kappa shape index (κ2) is 9.28. The fourth-order valence-corrected chi connectivity index (χ4v) is 5.66. The predicted molar refractivity (Wildman–Crippen MR) is 115 cm³/mol. The minimum Gasteiger partial charge on any atom is -0.378 e. The lowest BCUT2D eigenvalue weighted by Crippen LogP contribution is -2.60. The molecule has 2 aliphatic heterocycles. The van der Waals surface area contributed by atoms with Gasteiger partial charge in [-0.05, 0) is 75.9 Å². The Kier molecular flexibility index (Phi) is 6.89. The molecule has 2 aliphatic carbocycles. The molecule has 170 valence electrons. The number of ether oxygens (including phenoxy) is 2. The average Bonchev–Trinajstić information content (AvgIpc) is 3.52. The minimum atomic E-state index is -3.35. The molecule has 7 nitrogen and oxygen atoms in total. The molecule has 0 aromatic rings. The molecule has 1 saturated heterocycles. The molecule has 0 radical (unpaired) electrons. The van der Waals surface area contributed by atoms with Crippen molar-refractivity contribution in [2.45, 2.75) is 88.8 Å². The topological polar surface area (TPSA) is 88.1 Å². The van der Waals surface area contributed by atoms with Crippen LogP contribution in [0.4, 0.5) is 0 Å². The van der Waals surface area contributed by atoms with Crippen molar-refractivity contribution < 1.29 is 23.0 Å². The van der Waals surface area contributed by atoms with Crippen molar-refractivity contribution >= 4 is 10.0 Å². The van der Waals surface area contributed by atoms with E-state index >= 15 is 0 Å². The number of nitrogens with zero attached hydrogens (tertiary/aromatic N) is 1. The van der Waals surface area contributed by atoms with Gasteiger partial charge in [0.05, 0.1) is 31.1 Å². The van der Waals surface area contributed by atoms with E-state index in [4.69, 9.17) is 9.47 Å². The molecule has 4 rings (SSSR count). The molecule has 3 unspecified atom stereocenters. The molecule has 0 spiro atoms. The molecule has 30 heavy (non-hydrogen) atoms. The van der Waals surface area contributed by atoms with Gasteiger partial charge in [-0.15, -0.1) is 0 Å². The maximum Gasteiger partial charge on any atom is 0.209 e. The number of nitrogens with one attached hydrogen (secondary N) is 1. The summed E-state index contributed by atoms with van der Waals surface area (Å²) in [6.45, 7) is 3.20. The first-order valence-electron chi connectivity index (χ1n) is 11.3. The van der Waals surface area contributed by atoms with E-state index in [0.29, 0.717) is 19.1 Å². The van der Waals surface area contributed by atoms with Gasteiger partial charge in [-0.1, -0.05) is 6.08 Å². The molecule has 2 N–H and O–H groups in total. The van der Waals surface area contributed by atoms with Gasteiger partial charge in [0, 0.05) is 18.3 Å². The highest BCUT2D eigenvalue weighted by Crippen LogP contribution is 2.35. The van der Waals surface area contributed by atoms with Crippen LogP contribution in [0.5, 0.6) is 0 Å². The lowest BCUT2D eigenvalue weighted by atomic mass is 9.91. The van der Waals surface area contributed by atoms with E-state index in [1.54, 1.807) is 0 Å². The van der Waals surface area contributed by atoms with E-state index in [2.05, 4.69) is 4.72 Å². The Morgan fingerprint density at radius 1 is 1.03 bits per heavy atom. The molecular formula is C22H36N2O5S. The Labute approximate surface area is 180 Å². The third-order valence-corrected chi connectivity index (χ3v) is 7.56. The zero-order chi connectivity index (χ0) is 21.3. The van der Waals surface area contributed by atoms with Crippen LogP contribution in [0.2, 0.25) is 0 Å². The number of hydrogen-bond donors (Lipinski definition) is 2. The molecule has 2 heterocycles. The van der Waals surface area contributed by atoms with Crippen molar-refractivity contribution in [1.82, 2.24) is 9.62 Å². The van der Waals surface area contributed by atoms with Crippen LogP contribution < -0.4 is 4.72 Å². The molecule has 0 aromatic heterocycles. The van der Waals surface area contributed by atoms with Crippen LogP contribution in [0.25, 0.3) is 0 Å². The van der Waals surface area contributed by atoms with E-state index in [1.165, 1.54) is 19.1 Å². The number of sulfonamides is 1. The van der Waals surface area contributed by atoms with Gasteiger partial charge in [0.1, 0.15) is 6.23 Å². The second-order valence-corrected chi connectivity index (χ2v) is 11.2. The van der Waals surface area contributed by atoms with E-state index < -0.39 is 16.3 Å². The maximum atomic E-state index is 11.9. The molecule has 0 bridgehead atoms. The summed E-state index contributed by atoms with van der Waals surface area (Å²) in [4.78, 5) is 1.95. The van der Waals surface area contributed by atoms with Gasteiger partial charge in [-0.25, -0.2) is 13.1 Å². The standard InChI is InChI=1S/C22H36N2O5S/c1-15-3-6-17-7-12-20(23-30(2,26)27)21(24(17)22(15)25)14-29-19-10-8-18(9-11-19)28-13-16-4-5-16/h3,6,16,18-23,25H,4-5,7-14H2,1-2H3. The van der Waals surface area contributed by atoms with Crippen LogP contribution in [0.15, 0.2) is 23.4 Å². The monoisotopic (exact) mass is 440 g/mol. The molecule has 0 amide bonds. The highest BCUT2D eigenvalue weighted by Gasteiger charge is 2.40. The normalized spacial score (nSPS) is 34.9. The van der Waals surface area contributed by atoms with E-state index in [-0.39, 0.29) is 18.2 Å². The highest BCUT2D eigenvalue weighted by atomic mass is 32.2. The van der Waals surface area contributed by atoms with Gasteiger partial charge < -0.3 is 19.5 Å². The Morgan fingerprint density at radius 2 is 1.67 bits per heavy atom. The summed E-state index contributed by atoms with van der Waals surface area (Å²) >= 11 is 0. The van der Waals surface area contributed by atoms with Gasteiger partial charge in [-0.2, -0.15) is 0 Å². The summed E-state index contributed by atoms with van der Waals surface area (Å²) in [6, 6.07) is -0.516. The van der Waals surface area contributed by atoms with Crippen molar-refractivity contribution in [3.05, 3.63) is 23.4 Å². The lowest BCUT2D eigenvalue weighted by molar-refractivity contribution is -0.0726. The Hall–Kier alpha value is -0.930. The molecule has 0 aromatic carbocycles. The Bertz CT molecular complexity index is 768. The fourth-order valence-electron chi connectivity index (χ4n) is 4.84.